The van der Waals surface area contributed by atoms with Gasteiger partial charge in [0, 0.05) is 224 Å². The minimum Gasteiger partial charge on any atom is -0.444 e. The van der Waals surface area contributed by atoms with Gasteiger partial charge in [0.1, 0.15) is 34.2 Å². The number of carbonyl (C=O) groups is 4. The van der Waals surface area contributed by atoms with Crippen LogP contribution in [0.1, 0.15) is 69.4 Å². The highest BCUT2D eigenvalue weighted by Crippen LogP contribution is 2.32. The number of para-hydroxylation sites is 2. The van der Waals surface area contributed by atoms with Crippen molar-refractivity contribution in [1.82, 2.24) is 28.9 Å². The molecule has 0 spiro atoms. The molecule has 2 aliphatic rings. The molecule has 17 nitrogen and oxygen atoms in total. The number of piperazine rings is 2. The Hall–Kier alpha value is -16.6. The van der Waals surface area contributed by atoms with Crippen LogP contribution >= 0.6 is 38.6 Å². The van der Waals surface area contributed by atoms with Crippen LogP contribution in [0, 0.1) is 11.6 Å². The zero-order valence-electron chi connectivity index (χ0n) is 63.1. The number of aromatic nitrogens is 4. The number of carbonyl (C=O) groups excluding carboxylic acids is 4. The number of hydrogen-bond acceptors (Lipinski definition) is 13. The summed E-state index contributed by atoms with van der Waals surface area (Å²) in [6.45, 7) is 23.8. The van der Waals surface area contributed by atoms with Gasteiger partial charge in [0.2, 0.25) is 0 Å². The first-order valence-electron chi connectivity index (χ1n) is 33.8. The molecule has 4 amide bonds. The fourth-order valence-electron chi connectivity index (χ4n) is 8.95. The monoisotopic (exact) mass is 1620 g/mol. The summed E-state index contributed by atoms with van der Waals surface area (Å²) in [4.78, 5) is 79.3. The lowest BCUT2D eigenvalue weighted by Gasteiger charge is -2.37. The predicted octanol–water partition coefficient (Wildman–Crippen LogP) is 16.9. The SMILES string of the molecule is C=C=C=C=C=C=C=C=C=C=C=C=C=C=C=C=C=C=C=C=C=C=C=C=C=C=C=C=C=C=C=C=C=C=C=C=C=C=C=C=C=C=C=C=C=C=C.CC(C)(C)OC(=O)N1CCN(c2ccc(F)cc2NC(=O)c2csc(Br)n2)CC1.CCn1c(=O)n(-c2nc(C(=O)Nc3cc(F)ccc3N3CCN(C(=O)OC(C)(C)C)CC3)cs2)c2ccccc21. The first kappa shape index (κ1) is 88.4. The molecule has 2 N–H and O–H groups in total. The molecule has 0 aliphatic carbocycles. The smallest absolute Gasteiger partial charge is 0.410 e. The van der Waals surface area contributed by atoms with Gasteiger partial charge in [-0.2, -0.15) is 0 Å². The Kier molecular flexibility index (Phi) is 37.1. The van der Waals surface area contributed by atoms with Gasteiger partial charge in [-0.15, -0.1) is 22.7 Å². The van der Waals surface area contributed by atoms with Crippen molar-refractivity contribution in [3.8, 4) is 5.13 Å². The van der Waals surface area contributed by atoms with Crippen molar-refractivity contribution in [3.05, 3.63) is 380 Å². The molecule has 6 aromatic rings. The van der Waals surface area contributed by atoms with E-state index in [1.165, 1.54) is 51.5 Å². The Balaban J connectivity index is 0.000000277. The number of aryl methyl sites for hydroxylation is 1. The van der Waals surface area contributed by atoms with E-state index in [1.54, 1.807) is 37.3 Å². The van der Waals surface area contributed by atoms with Crippen molar-refractivity contribution < 1.29 is 37.4 Å². The van der Waals surface area contributed by atoms with Crippen LogP contribution in [-0.2, 0) is 16.0 Å². The van der Waals surface area contributed by atoms with Gasteiger partial charge in [0.25, 0.3) is 11.8 Å². The number of ether oxygens (including phenoxy) is 2. The molecule has 2 saturated heterocycles. The van der Waals surface area contributed by atoms with Crippen LogP contribution in [-0.4, -0.2) is 116 Å². The summed E-state index contributed by atoms with van der Waals surface area (Å²) in [7, 11) is 0. The highest BCUT2D eigenvalue weighted by Gasteiger charge is 2.30. The van der Waals surface area contributed by atoms with E-state index in [1.807, 2.05) is 82.5 Å². The van der Waals surface area contributed by atoms with Gasteiger partial charge in [-0.25, -0.2) is 37.7 Å². The maximum absolute atomic E-state index is 14.3. The molecule has 0 radical (unpaired) electrons. The van der Waals surface area contributed by atoms with Gasteiger partial charge in [-0.3, -0.25) is 14.2 Å². The number of amides is 4. The van der Waals surface area contributed by atoms with E-state index in [4.69, 9.17) is 9.47 Å². The van der Waals surface area contributed by atoms with E-state index < -0.39 is 34.7 Å². The van der Waals surface area contributed by atoms with Crippen molar-refractivity contribution in [2.24, 2.45) is 0 Å². The molecule has 558 valence electrons. The van der Waals surface area contributed by atoms with Crippen LogP contribution in [0.25, 0.3) is 16.2 Å². The van der Waals surface area contributed by atoms with Gasteiger partial charge >= 0.3 is 17.9 Å². The second kappa shape index (κ2) is 48.8. The molecule has 22 heteroatoms. The molecule has 8 rings (SSSR count). The van der Waals surface area contributed by atoms with E-state index in [2.05, 4.69) is 308 Å². The Labute approximate surface area is 682 Å². The van der Waals surface area contributed by atoms with Crippen molar-refractivity contribution in [2.45, 2.75) is 66.2 Å². The fourth-order valence-corrected chi connectivity index (χ4v) is 10.8. The molecule has 0 unspecified atom stereocenters. The summed E-state index contributed by atoms with van der Waals surface area (Å²) < 4.78 is 42.7. The highest BCUT2D eigenvalue weighted by atomic mass is 79.9. The van der Waals surface area contributed by atoms with Crippen molar-refractivity contribution >= 4 is 96.4 Å². The lowest BCUT2D eigenvalue weighted by Crippen LogP contribution is -2.50. The first-order chi connectivity index (χ1) is 56.1. The average Bonchev–Trinajstić information content (AvgIpc) is 1.61. The minimum atomic E-state index is -0.584. The summed E-state index contributed by atoms with van der Waals surface area (Å²) >= 11 is 5.70. The summed E-state index contributed by atoms with van der Waals surface area (Å²) in [6.07, 6.45) is -0.723. The maximum atomic E-state index is 14.3. The molecule has 3 aromatic heterocycles. The molecule has 0 atom stereocenters. The summed E-state index contributed by atoms with van der Waals surface area (Å²) in [6, 6.07) is 15.9. The normalized spacial score (nSPS) is 10.1. The quantitative estimate of drug-likeness (QED) is 0.139. The number of benzene rings is 3. The fraction of sp³-hybridized carbons (Fsp3) is 0.191. The third kappa shape index (κ3) is 32.7. The Bertz CT molecular complexity index is 6720. The lowest BCUT2D eigenvalue weighted by molar-refractivity contribution is 0.0230. The molecule has 0 bridgehead atoms. The number of nitrogens with one attached hydrogen (secondary N) is 2. The van der Waals surface area contributed by atoms with E-state index in [9.17, 15) is 32.8 Å². The molecule has 2 fully saturated rings. The molecular weight excluding hydrogens is 1560 g/mol. The number of nitrogens with zero attached hydrogens (tertiary/aromatic N) is 8. The Morgan fingerprint density at radius 3 is 1.02 bits per heavy atom. The number of halogens is 3. The topological polar surface area (TPSA) is 176 Å². The molecule has 2 aliphatic heterocycles. The van der Waals surface area contributed by atoms with E-state index in [0.717, 1.165) is 5.52 Å². The predicted molar refractivity (Wildman–Crippen MR) is 437 cm³/mol. The number of rotatable bonds is 8. The van der Waals surface area contributed by atoms with Gasteiger partial charge in [-0.1, -0.05) is 23.6 Å². The van der Waals surface area contributed by atoms with Crippen LogP contribution in [0.3, 0.4) is 0 Å². The van der Waals surface area contributed by atoms with Crippen molar-refractivity contribution in [3.63, 3.8) is 0 Å². The van der Waals surface area contributed by atoms with Crippen molar-refractivity contribution in [1.29, 1.82) is 0 Å². The molecule has 3 aromatic carbocycles. The number of imidazole rings is 1. The van der Waals surface area contributed by atoms with Crippen LogP contribution < -0.4 is 26.1 Å². The number of hydrogen-bond donors (Lipinski definition) is 2. The number of anilines is 4. The summed E-state index contributed by atoms with van der Waals surface area (Å²) in [5.41, 5.74) is 114. The van der Waals surface area contributed by atoms with Gasteiger partial charge in [0.15, 0.2) is 9.05 Å². The second-order valence-corrected chi connectivity index (χ2v) is 26.7. The third-order valence-corrected chi connectivity index (χ3v) is 15.7. The van der Waals surface area contributed by atoms with Gasteiger partial charge in [-0.05, 0) is 218 Å². The van der Waals surface area contributed by atoms with Crippen LogP contribution in [0.15, 0.2) is 351 Å². The lowest BCUT2D eigenvalue weighted by atomic mass is 10.2. The van der Waals surface area contributed by atoms with Crippen molar-refractivity contribution in [2.75, 3.05) is 72.8 Å². The van der Waals surface area contributed by atoms with Gasteiger partial charge in [0.05, 0.1) is 33.8 Å². The molecule has 5 heterocycles. The molecule has 116 heavy (non-hydrogen) atoms. The summed E-state index contributed by atoms with van der Waals surface area (Å²) in [5, 5.41) is 9.10. The molecule has 0 saturated carbocycles. The standard InChI is InChI=1S/C47H4.C28H31FN6O4S.C19H22BrFN4O3S/c1-3-5-7-9-11-13-15-17-19-21-23-25-27-29-31-33-35-37-39-41-43-45-47-46-44-42-40-38-36-34-32-30-28-26-24-22-20-18-16-14-12-10-8-6-4-2;1-5-34-22-8-6-7-9-23(22)35(26(34)37)25-31-20(17-40-25)24(36)30-19-16-18(29)10-11-21(19)32-12-14-33(15-13-32)27(38)39-28(2,3)4;1-19(2,3)28-18(27)25-8-6-24(7-9-25)15-5-4-12(21)10-13(15)22-16(26)14-11-29-17(20)23-14/h1-2H2;6-11,16-17H,5,12-15H2,1-4H3,(H,30,36);4-5,10-11H,6-9H2,1-3H3,(H,22,26). The van der Waals surface area contributed by atoms with Crippen LogP contribution in [0.5, 0.6) is 0 Å². The largest absolute Gasteiger partial charge is 0.444 e. The first-order valence-corrected chi connectivity index (χ1v) is 36.4. The second-order valence-electron chi connectivity index (χ2n) is 23.7. The Morgan fingerprint density at radius 2 is 0.733 bits per heavy atom. The minimum absolute atomic E-state index is 0.116. The van der Waals surface area contributed by atoms with Crippen LogP contribution in [0.4, 0.5) is 41.1 Å². The zero-order chi connectivity index (χ0) is 83.6. The number of fused-ring (bicyclic) bond motifs is 1. The zero-order valence-corrected chi connectivity index (χ0v) is 66.3. The highest BCUT2D eigenvalue weighted by molar-refractivity contribution is 9.11. The Morgan fingerprint density at radius 1 is 0.440 bits per heavy atom. The van der Waals surface area contributed by atoms with Crippen LogP contribution in [0.2, 0.25) is 0 Å². The van der Waals surface area contributed by atoms with E-state index >= 15 is 0 Å². The summed E-state index contributed by atoms with van der Waals surface area (Å²) in [5.74, 6) is -1.87. The third-order valence-electron chi connectivity index (χ3n) is 13.5. The van der Waals surface area contributed by atoms with E-state index in [-0.39, 0.29) is 29.3 Å². The average molecular weight is 1620 g/mol. The number of thiazole rings is 2. The van der Waals surface area contributed by atoms with E-state index in [0.29, 0.717) is 96.2 Å². The maximum Gasteiger partial charge on any atom is 0.410 e. The van der Waals surface area contributed by atoms with Gasteiger partial charge < -0.3 is 39.7 Å². The molecular formula is C94H57BrF2N10O7S2.